The van der Waals surface area contributed by atoms with Gasteiger partial charge in [-0.1, -0.05) is 42.1 Å². The van der Waals surface area contributed by atoms with Gasteiger partial charge in [-0.2, -0.15) is 0 Å². The fourth-order valence-corrected chi connectivity index (χ4v) is 2.15. The second kappa shape index (κ2) is 5.68. The number of aromatic nitrogens is 3. The highest BCUT2D eigenvalue weighted by Crippen LogP contribution is 2.22. The molecule has 0 saturated heterocycles. The maximum Gasteiger partial charge on any atom is 0.318 e. The molecule has 1 aromatic carbocycles. The molecule has 0 spiro atoms. The van der Waals surface area contributed by atoms with Crippen LogP contribution in [0.4, 0.5) is 0 Å². The highest BCUT2D eigenvalue weighted by molar-refractivity contribution is 8.00. The SMILES string of the molecule is COC(=O)[C@H](C)Sc1n[nH]c(-c2ccccc2)n1. The topological polar surface area (TPSA) is 67.9 Å². The first kappa shape index (κ1) is 12.6. The lowest BCUT2D eigenvalue weighted by Crippen LogP contribution is -2.14. The molecule has 0 aliphatic rings. The Morgan fingerprint density at radius 1 is 1.39 bits per heavy atom. The molecule has 0 amide bonds. The Kier molecular flexibility index (Phi) is 3.99. The molecule has 1 heterocycles. The summed E-state index contributed by atoms with van der Waals surface area (Å²) in [7, 11) is 1.37. The number of rotatable bonds is 4. The van der Waals surface area contributed by atoms with Gasteiger partial charge < -0.3 is 4.74 Å². The highest BCUT2D eigenvalue weighted by atomic mass is 32.2. The normalized spacial score (nSPS) is 12.1. The van der Waals surface area contributed by atoms with E-state index in [0.29, 0.717) is 11.0 Å². The number of methoxy groups -OCH3 is 1. The lowest BCUT2D eigenvalue weighted by atomic mass is 10.2. The molecular formula is C12H13N3O2S. The van der Waals surface area contributed by atoms with Crippen molar-refractivity contribution in [2.24, 2.45) is 0 Å². The molecule has 0 aliphatic heterocycles. The van der Waals surface area contributed by atoms with Gasteiger partial charge in [0.15, 0.2) is 5.82 Å². The summed E-state index contributed by atoms with van der Waals surface area (Å²) >= 11 is 1.26. The van der Waals surface area contributed by atoms with Crippen molar-refractivity contribution in [1.29, 1.82) is 0 Å². The molecule has 6 heteroatoms. The molecular weight excluding hydrogens is 250 g/mol. The zero-order valence-electron chi connectivity index (χ0n) is 10.1. The number of carbonyl (C=O) groups is 1. The molecule has 94 valence electrons. The molecule has 1 N–H and O–H groups in total. The molecule has 0 radical (unpaired) electrons. The maximum atomic E-state index is 11.3. The van der Waals surface area contributed by atoms with Crippen LogP contribution in [0.1, 0.15) is 6.92 Å². The van der Waals surface area contributed by atoms with Crippen molar-refractivity contribution < 1.29 is 9.53 Å². The number of nitrogens with one attached hydrogen (secondary N) is 1. The van der Waals surface area contributed by atoms with E-state index >= 15 is 0 Å². The number of nitrogens with zero attached hydrogens (tertiary/aromatic N) is 2. The van der Waals surface area contributed by atoms with Crippen molar-refractivity contribution in [2.75, 3.05) is 7.11 Å². The zero-order valence-corrected chi connectivity index (χ0v) is 10.9. The summed E-state index contributed by atoms with van der Waals surface area (Å²) in [5, 5.41) is 7.13. The van der Waals surface area contributed by atoms with E-state index in [4.69, 9.17) is 0 Å². The molecule has 0 unspecified atom stereocenters. The zero-order chi connectivity index (χ0) is 13.0. The van der Waals surface area contributed by atoms with E-state index in [9.17, 15) is 4.79 Å². The lowest BCUT2D eigenvalue weighted by molar-refractivity contribution is -0.139. The van der Waals surface area contributed by atoms with Gasteiger partial charge in [-0.15, -0.1) is 5.10 Å². The van der Waals surface area contributed by atoms with Crippen LogP contribution in [0.3, 0.4) is 0 Å². The monoisotopic (exact) mass is 263 g/mol. The predicted octanol–water partition coefficient (Wildman–Crippen LogP) is 2.13. The van der Waals surface area contributed by atoms with Crippen molar-refractivity contribution in [3.8, 4) is 11.4 Å². The molecule has 5 nitrogen and oxygen atoms in total. The fraction of sp³-hybridized carbons (Fsp3) is 0.250. The van der Waals surface area contributed by atoms with Crippen molar-refractivity contribution in [2.45, 2.75) is 17.3 Å². The predicted molar refractivity (Wildman–Crippen MR) is 69.2 cm³/mol. The molecule has 1 aromatic heterocycles. The number of carbonyl (C=O) groups excluding carboxylic acids is 1. The molecule has 1 atom stereocenters. The van der Waals surface area contributed by atoms with Crippen molar-refractivity contribution in [1.82, 2.24) is 15.2 Å². The third kappa shape index (κ3) is 2.89. The Labute approximate surface area is 109 Å². The van der Waals surface area contributed by atoms with Gasteiger partial charge in [0, 0.05) is 5.56 Å². The minimum atomic E-state index is -0.325. The van der Waals surface area contributed by atoms with Crippen molar-refractivity contribution in [3.05, 3.63) is 30.3 Å². The largest absolute Gasteiger partial charge is 0.468 e. The Morgan fingerprint density at radius 2 is 2.11 bits per heavy atom. The lowest BCUT2D eigenvalue weighted by Gasteiger charge is -2.04. The molecule has 2 rings (SSSR count). The summed E-state index contributed by atoms with van der Waals surface area (Å²) in [5.41, 5.74) is 0.961. The van der Waals surface area contributed by atoms with E-state index in [2.05, 4.69) is 19.9 Å². The number of esters is 1. The van der Waals surface area contributed by atoms with Crippen LogP contribution in [0.5, 0.6) is 0 Å². The second-order valence-electron chi connectivity index (χ2n) is 3.62. The number of ether oxygens (including phenoxy) is 1. The first-order valence-corrected chi connectivity index (χ1v) is 6.31. The summed E-state index contributed by atoms with van der Waals surface area (Å²) < 4.78 is 4.65. The van der Waals surface area contributed by atoms with Gasteiger partial charge in [0.2, 0.25) is 5.16 Å². The van der Waals surface area contributed by atoms with Gasteiger partial charge in [0.1, 0.15) is 5.25 Å². The molecule has 0 saturated carbocycles. The van der Waals surface area contributed by atoms with Crippen molar-refractivity contribution >= 4 is 17.7 Å². The van der Waals surface area contributed by atoms with Crippen LogP contribution in [0.2, 0.25) is 0 Å². The smallest absolute Gasteiger partial charge is 0.318 e. The van der Waals surface area contributed by atoms with E-state index in [1.54, 1.807) is 6.92 Å². The maximum absolute atomic E-state index is 11.3. The van der Waals surface area contributed by atoms with Crippen LogP contribution in [0.15, 0.2) is 35.5 Å². The summed E-state index contributed by atoms with van der Waals surface area (Å²) in [6.45, 7) is 1.76. The third-order valence-corrected chi connectivity index (χ3v) is 3.27. The average molecular weight is 263 g/mol. The summed E-state index contributed by atoms with van der Waals surface area (Å²) in [4.78, 5) is 15.6. The summed E-state index contributed by atoms with van der Waals surface area (Å²) in [6.07, 6.45) is 0. The summed E-state index contributed by atoms with van der Waals surface area (Å²) in [6, 6.07) is 9.69. The molecule has 0 bridgehead atoms. The second-order valence-corrected chi connectivity index (χ2v) is 4.92. The molecule has 0 aliphatic carbocycles. The van der Waals surface area contributed by atoms with E-state index < -0.39 is 0 Å². The number of H-pyrrole nitrogens is 1. The first-order valence-electron chi connectivity index (χ1n) is 5.43. The number of hydrogen-bond donors (Lipinski definition) is 1. The van der Waals surface area contributed by atoms with Crippen LogP contribution in [-0.2, 0) is 9.53 Å². The van der Waals surface area contributed by atoms with Crippen LogP contribution in [0, 0.1) is 0 Å². The average Bonchev–Trinajstić information content (AvgIpc) is 2.87. The number of benzene rings is 1. The molecule has 2 aromatic rings. The summed E-state index contributed by atoms with van der Waals surface area (Å²) in [5.74, 6) is 0.404. The Hall–Kier alpha value is -1.82. The Balaban J connectivity index is 2.09. The van der Waals surface area contributed by atoms with E-state index in [1.165, 1.54) is 18.9 Å². The van der Waals surface area contributed by atoms with Crippen LogP contribution < -0.4 is 0 Å². The van der Waals surface area contributed by atoms with Gasteiger partial charge in [-0.05, 0) is 6.92 Å². The van der Waals surface area contributed by atoms with E-state index in [-0.39, 0.29) is 11.2 Å². The van der Waals surface area contributed by atoms with Gasteiger partial charge in [0.25, 0.3) is 0 Å². The quantitative estimate of drug-likeness (QED) is 0.676. The van der Waals surface area contributed by atoms with Gasteiger partial charge in [-0.3, -0.25) is 9.89 Å². The number of aromatic amines is 1. The Bertz CT molecular complexity index is 527. The van der Waals surface area contributed by atoms with Crippen LogP contribution in [0.25, 0.3) is 11.4 Å². The highest BCUT2D eigenvalue weighted by Gasteiger charge is 2.17. The van der Waals surface area contributed by atoms with Gasteiger partial charge >= 0.3 is 5.97 Å². The molecule has 18 heavy (non-hydrogen) atoms. The molecule has 0 fully saturated rings. The standard InChI is InChI=1S/C12H13N3O2S/c1-8(11(16)17-2)18-12-13-10(14-15-12)9-6-4-3-5-7-9/h3-8H,1-2H3,(H,13,14,15)/t8-/m0/s1. The van der Waals surface area contributed by atoms with Crippen LogP contribution >= 0.6 is 11.8 Å². The first-order chi connectivity index (χ1) is 8.70. The minimum Gasteiger partial charge on any atom is -0.468 e. The van der Waals surface area contributed by atoms with Crippen molar-refractivity contribution in [3.63, 3.8) is 0 Å². The van der Waals surface area contributed by atoms with Gasteiger partial charge in [0.05, 0.1) is 7.11 Å². The minimum absolute atomic E-state index is 0.286. The fourth-order valence-electron chi connectivity index (χ4n) is 1.40. The third-order valence-electron chi connectivity index (χ3n) is 2.33. The number of thioether (sulfide) groups is 1. The van der Waals surface area contributed by atoms with E-state index in [1.807, 2.05) is 30.3 Å². The van der Waals surface area contributed by atoms with Crippen LogP contribution in [-0.4, -0.2) is 33.5 Å². The Morgan fingerprint density at radius 3 is 2.78 bits per heavy atom. The van der Waals surface area contributed by atoms with Gasteiger partial charge in [-0.25, -0.2) is 4.98 Å². The number of hydrogen-bond acceptors (Lipinski definition) is 5. The van der Waals surface area contributed by atoms with E-state index in [0.717, 1.165) is 5.56 Å².